The van der Waals surface area contributed by atoms with Gasteiger partial charge in [0.1, 0.15) is 5.82 Å². The van der Waals surface area contributed by atoms with Crippen molar-refractivity contribution in [1.82, 2.24) is 10.9 Å². The minimum Gasteiger partial charge on any atom is -0.374 e. The van der Waals surface area contributed by atoms with E-state index in [0.717, 1.165) is 24.3 Å². The molecule has 3 aromatic carbocycles. The number of halogens is 6. The molecule has 0 radical (unpaired) electrons. The molecule has 2 N–H and O–H groups in total. The maximum atomic E-state index is 14.2. The number of nitrogens with zero attached hydrogens (tertiary/aromatic N) is 1. The second kappa shape index (κ2) is 10.0. The van der Waals surface area contributed by atoms with Crippen LogP contribution in [0.4, 0.5) is 17.6 Å². The van der Waals surface area contributed by atoms with Gasteiger partial charge < -0.3 is 4.84 Å². The lowest BCUT2D eigenvalue weighted by molar-refractivity contribution is -0.275. The van der Waals surface area contributed by atoms with E-state index in [0.29, 0.717) is 11.1 Å². The molecule has 0 aromatic heterocycles. The van der Waals surface area contributed by atoms with Crippen molar-refractivity contribution in [1.29, 1.82) is 0 Å². The summed E-state index contributed by atoms with van der Waals surface area (Å²) in [7, 11) is 0. The number of hydrazine groups is 1. The Hall–Kier alpha value is -3.63. The van der Waals surface area contributed by atoms with Crippen LogP contribution in [0.5, 0.6) is 0 Å². The Balaban J connectivity index is 1.51. The predicted molar refractivity (Wildman–Crippen MR) is 129 cm³/mol. The van der Waals surface area contributed by atoms with Crippen molar-refractivity contribution in [3.63, 3.8) is 0 Å². The van der Waals surface area contributed by atoms with Crippen LogP contribution in [0.2, 0.25) is 10.0 Å². The van der Waals surface area contributed by atoms with Crippen molar-refractivity contribution in [2.24, 2.45) is 5.16 Å². The monoisotopic (exact) mass is 553 g/mol. The number of oxime groups is 1. The summed E-state index contributed by atoms with van der Waals surface area (Å²) >= 11 is 11.8. The van der Waals surface area contributed by atoms with Crippen molar-refractivity contribution in [3.05, 3.63) is 104 Å². The summed E-state index contributed by atoms with van der Waals surface area (Å²) in [5.74, 6) is -1.84. The second-order valence-electron chi connectivity index (χ2n) is 8.23. The molecule has 0 aliphatic carbocycles. The van der Waals surface area contributed by atoms with E-state index in [1.807, 2.05) is 0 Å². The number of carbonyl (C=O) groups is 2. The fraction of sp³-hybridized carbons (Fsp3) is 0.160. The molecule has 1 aliphatic heterocycles. The average Bonchev–Trinajstić information content (AvgIpc) is 3.29. The minimum absolute atomic E-state index is 0.00749. The number of rotatable bonds is 4. The lowest BCUT2D eigenvalue weighted by Gasteiger charge is -2.29. The Labute approximate surface area is 218 Å². The summed E-state index contributed by atoms with van der Waals surface area (Å²) in [4.78, 5) is 29.7. The van der Waals surface area contributed by atoms with Crippen LogP contribution < -0.4 is 10.9 Å². The smallest absolute Gasteiger partial charge is 0.374 e. The quantitative estimate of drug-likeness (QED) is 0.302. The Morgan fingerprint density at radius 2 is 1.57 bits per heavy atom. The van der Waals surface area contributed by atoms with Crippen LogP contribution in [0.25, 0.3) is 0 Å². The SMILES string of the molecule is Cc1cc(C2=NOC(c3cc(Cl)cc(Cl)c3)(C(F)(F)F)C2)ccc1C(=O)NNC(=O)c1ccc(F)cc1. The molecule has 12 heteroatoms. The predicted octanol–water partition coefficient (Wildman–Crippen LogP) is 6.10. The molecule has 1 aliphatic rings. The van der Waals surface area contributed by atoms with Crippen LogP contribution in [-0.2, 0) is 10.4 Å². The number of amides is 2. The third-order valence-corrected chi connectivity index (χ3v) is 6.15. The molecule has 1 atom stereocenters. The highest BCUT2D eigenvalue weighted by Crippen LogP contribution is 2.49. The molecule has 6 nitrogen and oxygen atoms in total. The van der Waals surface area contributed by atoms with Gasteiger partial charge in [0.2, 0.25) is 0 Å². The fourth-order valence-corrected chi connectivity index (χ4v) is 4.32. The second-order valence-corrected chi connectivity index (χ2v) is 9.11. The summed E-state index contributed by atoms with van der Waals surface area (Å²) < 4.78 is 55.6. The average molecular weight is 554 g/mol. The number of hydrogen-bond acceptors (Lipinski definition) is 4. The molecule has 0 spiro atoms. The van der Waals surface area contributed by atoms with Crippen LogP contribution in [0, 0.1) is 12.7 Å². The molecule has 3 aromatic rings. The fourth-order valence-electron chi connectivity index (χ4n) is 3.80. The Morgan fingerprint density at radius 3 is 2.16 bits per heavy atom. The normalized spacial score (nSPS) is 17.1. The van der Waals surface area contributed by atoms with E-state index >= 15 is 0 Å². The van der Waals surface area contributed by atoms with Crippen LogP contribution in [0.1, 0.15) is 43.8 Å². The highest BCUT2D eigenvalue weighted by atomic mass is 35.5. The lowest BCUT2D eigenvalue weighted by Crippen LogP contribution is -2.42. The van der Waals surface area contributed by atoms with Gasteiger partial charge in [0, 0.05) is 33.2 Å². The summed E-state index contributed by atoms with van der Waals surface area (Å²) in [5, 5.41) is 3.73. The van der Waals surface area contributed by atoms with Gasteiger partial charge >= 0.3 is 6.18 Å². The van der Waals surface area contributed by atoms with Gasteiger partial charge in [-0.15, -0.1) is 0 Å². The maximum Gasteiger partial charge on any atom is 0.435 e. The number of aryl methyl sites for hydroxylation is 1. The van der Waals surface area contributed by atoms with Crippen LogP contribution in [0.3, 0.4) is 0 Å². The summed E-state index contributed by atoms with van der Waals surface area (Å²) in [6, 6.07) is 12.5. The van der Waals surface area contributed by atoms with E-state index in [1.165, 1.54) is 36.4 Å². The molecular formula is C25H17Cl2F4N3O3. The van der Waals surface area contributed by atoms with Crippen LogP contribution in [0.15, 0.2) is 65.8 Å². The minimum atomic E-state index is -4.84. The summed E-state index contributed by atoms with van der Waals surface area (Å²) in [6.07, 6.45) is -5.49. The van der Waals surface area contributed by atoms with Crippen molar-refractivity contribution in [2.75, 3.05) is 0 Å². The molecule has 0 saturated heterocycles. The van der Waals surface area contributed by atoms with Gasteiger partial charge in [-0.1, -0.05) is 34.4 Å². The number of nitrogens with one attached hydrogen (secondary N) is 2. The zero-order valence-corrected chi connectivity index (χ0v) is 20.4. The van der Waals surface area contributed by atoms with E-state index in [2.05, 4.69) is 16.0 Å². The van der Waals surface area contributed by atoms with Gasteiger partial charge in [0.05, 0.1) is 5.71 Å². The molecule has 0 saturated carbocycles. The Morgan fingerprint density at radius 1 is 0.946 bits per heavy atom. The molecule has 1 heterocycles. The third kappa shape index (κ3) is 5.40. The summed E-state index contributed by atoms with van der Waals surface area (Å²) in [6.45, 7) is 1.57. The first-order valence-electron chi connectivity index (χ1n) is 10.7. The molecule has 4 rings (SSSR count). The van der Waals surface area contributed by atoms with Crippen molar-refractivity contribution >= 4 is 40.7 Å². The number of carbonyl (C=O) groups excluding carboxylic acids is 2. The first-order chi connectivity index (χ1) is 17.4. The Kier molecular flexibility index (Phi) is 7.16. The van der Waals surface area contributed by atoms with E-state index in [1.54, 1.807) is 6.92 Å². The van der Waals surface area contributed by atoms with Gasteiger partial charge in [-0.25, -0.2) is 4.39 Å². The standard InChI is InChI=1S/C25H17Cl2F4N3O3/c1-13-8-15(4-7-20(13)23(36)33-32-22(35)14-2-5-19(28)6-3-14)21-12-24(37-34-21,25(29,30)31)16-9-17(26)11-18(27)10-16/h2-11H,12H2,1H3,(H,32,35)(H,33,36). The Bertz CT molecular complexity index is 1390. The van der Waals surface area contributed by atoms with Gasteiger partial charge in [-0.05, 0) is 72.6 Å². The lowest BCUT2D eigenvalue weighted by atomic mass is 9.86. The van der Waals surface area contributed by atoms with Crippen LogP contribution >= 0.6 is 23.2 Å². The molecule has 0 bridgehead atoms. The molecule has 192 valence electrons. The molecule has 37 heavy (non-hydrogen) atoms. The van der Waals surface area contributed by atoms with Gasteiger partial charge in [0.25, 0.3) is 17.4 Å². The largest absolute Gasteiger partial charge is 0.435 e. The zero-order chi connectivity index (χ0) is 27.0. The molecular weight excluding hydrogens is 537 g/mol. The van der Waals surface area contributed by atoms with Gasteiger partial charge in [-0.3, -0.25) is 20.4 Å². The zero-order valence-electron chi connectivity index (χ0n) is 18.9. The maximum absolute atomic E-state index is 14.2. The van der Waals surface area contributed by atoms with Crippen molar-refractivity contribution < 1.29 is 32.0 Å². The number of benzene rings is 3. The highest BCUT2D eigenvalue weighted by molar-refractivity contribution is 6.34. The summed E-state index contributed by atoms with van der Waals surface area (Å²) in [5.41, 5.74) is 2.39. The number of alkyl halides is 3. The first-order valence-corrected chi connectivity index (χ1v) is 11.4. The van der Waals surface area contributed by atoms with Gasteiger partial charge in [0.15, 0.2) is 0 Å². The van der Waals surface area contributed by atoms with E-state index in [-0.39, 0.29) is 32.4 Å². The molecule has 1 unspecified atom stereocenters. The van der Waals surface area contributed by atoms with E-state index in [4.69, 9.17) is 28.0 Å². The van der Waals surface area contributed by atoms with Crippen molar-refractivity contribution in [3.8, 4) is 0 Å². The third-order valence-electron chi connectivity index (χ3n) is 5.72. The van der Waals surface area contributed by atoms with Crippen molar-refractivity contribution in [2.45, 2.75) is 25.1 Å². The topological polar surface area (TPSA) is 79.8 Å². The molecule has 0 fully saturated rings. The van der Waals surface area contributed by atoms with E-state index in [9.17, 15) is 27.2 Å². The number of hydrogen-bond donors (Lipinski definition) is 2. The van der Waals surface area contributed by atoms with Gasteiger partial charge in [-0.2, -0.15) is 13.2 Å². The first kappa shape index (κ1) is 26.4. The highest BCUT2D eigenvalue weighted by Gasteiger charge is 2.62. The molecule has 2 amide bonds. The van der Waals surface area contributed by atoms with Crippen LogP contribution in [-0.4, -0.2) is 23.7 Å². The van der Waals surface area contributed by atoms with E-state index < -0.39 is 35.8 Å².